The summed E-state index contributed by atoms with van der Waals surface area (Å²) in [5, 5.41) is 9.38. The SMILES string of the molecule is CC/C(O)=C/C(=O)C1CCN(C(=O)OC(C)(C)C)CC1. The van der Waals surface area contributed by atoms with Crippen LogP contribution in [0.2, 0.25) is 0 Å². The summed E-state index contributed by atoms with van der Waals surface area (Å²) in [6, 6.07) is 0. The molecule has 0 aliphatic carbocycles. The van der Waals surface area contributed by atoms with Gasteiger partial charge >= 0.3 is 6.09 Å². The Kier molecular flexibility index (Phi) is 5.60. The summed E-state index contributed by atoms with van der Waals surface area (Å²) in [5.74, 6) is -0.0415. The van der Waals surface area contributed by atoms with Gasteiger partial charge in [-0.25, -0.2) is 4.79 Å². The molecule has 1 heterocycles. The quantitative estimate of drug-likeness (QED) is 0.638. The van der Waals surface area contributed by atoms with Crippen LogP contribution in [0.4, 0.5) is 4.79 Å². The average Bonchev–Trinajstić information content (AvgIpc) is 2.36. The van der Waals surface area contributed by atoms with Gasteiger partial charge in [0.25, 0.3) is 0 Å². The van der Waals surface area contributed by atoms with Crippen molar-refractivity contribution in [3.05, 3.63) is 11.8 Å². The van der Waals surface area contributed by atoms with Gasteiger partial charge in [0.05, 0.1) is 5.76 Å². The lowest BCUT2D eigenvalue weighted by Gasteiger charge is -2.32. The van der Waals surface area contributed by atoms with Gasteiger partial charge in [-0.1, -0.05) is 6.92 Å². The van der Waals surface area contributed by atoms with Crippen LogP contribution in [-0.2, 0) is 9.53 Å². The van der Waals surface area contributed by atoms with E-state index >= 15 is 0 Å². The normalized spacial score (nSPS) is 18.0. The van der Waals surface area contributed by atoms with Gasteiger partial charge in [-0.15, -0.1) is 0 Å². The fraction of sp³-hybridized carbons (Fsp3) is 0.733. The van der Waals surface area contributed by atoms with Crippen molar-refractivity contribution in [2.45, 2.75) is 52.6 Å². The zero-order valence-electron chi connectivity index (χ0n) is 12.8. The number of hydrogen-bond donors (Lipinski definition) is 1. The number of likely N-dealkylation sites (tertiary alicyclic amines) is 1. The molecule has 1 N–H and O–H groups in total. The fourth-order valence-electron chi connectivity index (χ4n) is 2.06. The van der Waals surface area contributed by atoms with Gasteiger partial charge in [-0.05, 0) is 33.6 Å². The molecule has 0 aromatic rings. The fourth-order valence-corrected chi connectivity index (χ4v) is 2.06. The summed E-state index contributed by atoms with van der Waals surface area (Å²) in [6.07, 6.45) is 2.68. The molecule has 1 amide bonds. The van der Waals surface area contributed by atoms with Crippen LogP contribution in [0.1, 0.15) is 47.0 Å². The first kappa shape index (κ1) is 16.5. The van der Waals surface area contributed by atoms with Gasteiger partial charge in [0.2, 0.25) is 0 Å². The third-order valence-electron chi connectivity index (χ3n) is 3.22. The van der Waals surface area contributed by atoms with Gasteiger partial charge in [-0.3, -0.25) is 4.79 Å². The molecule has 1 fully saturated rings. The van der Waals surface area contributed by atoms with Crippen molar-refractivity contribution in [2.24, 2.45) is 5.92 Å². The summed E-state index contributed by atoms with van der Waals surface area (Å²) < 4.78 is 5.30. The highest BCUT2D eigenvalue weighted by atomic mass is 16.6. The van der Waals surface area contributed by atoms with Crippen molar-refractivity contribution in [3.63, 3.8) is 0 Å². The van der Waals surface area contributed by atoms with Crippen molar-refractivity contribution in [1.29, 1.82) is 0 Å². The van der Waals surface area contributed by atoms with E-state index in [1.54, 1.807) is 11.8 Å². The second-order valence-corrected chi connectivity index (χ2v) is 6.13. The predicted molar refractivity (Wildman–Crippen MR) is 76.5 cm³/mol. The molecule has 5 nitrogen and oxygen atoms in total. The van der Waals surface area contributed by atoms with E-state index in [0.29, 0.717) is 32.4 Å². The molecule has 1 rings (SSSR count). The number of aliphatic hydroxyl groups is 1. The third-order valence-corrected chi connectivity index (χ3v) is 3.22. The molecule has 5 heteroatoms. The maximum absolute atomic E-state index is 11.9. The van der Waals surface area contributed by atoms with Crippen LogP contribution in [0, 0.1) is 5.92 Å². The first-order valence-corrected chi connectivity index (χ1v) is 7.14. The van der Waals surface area contributed by atoms with E-state index in [2.05, 4.69) is 0 Å². The summed E-state index contributed by atoms with van der Waals surface area (Å²) in [4.78, 5) is 25.4. The molecule has 20 heavy (non-hydrogen) atoms. The minimum Gasteiger partial charge on any atom is -0.512 e. The molecular formula is C15H25NO4. The van der Waals surface area contributed by atoms with Gasteiger partial charge in [0, 0.05) is 31.5 Å². The maximum atomic E-state index is 11.9. The van der Waals surface area contributed by atoms with Crippen LogP contribution < -0.4 is 0 Å². The molecular weight excluding hydrogens is 258 g/mol. The van der Waals surface area contributed by atoms with E-state index in [0.717, 1.165) is 0 Å². The summed E-state index contributed by atoms with van der Waals surface area (Å²) in [7, 11) is 0. The van der Waals surface area contributed by atoms with Gasteiger partial charge in [0.15, 0.2) is 5.78 Å². The molecule has 0 saturated carbocycles. The zero-order valence-corrected chi connectivity index (χ0v) is 12.8. The lowest BCUT2D eigenvalue weighted by Crippen LogP contribution is -2.42. The Morgan fingerprint density at radius 2 is 1.85 bits per heavy atom. The summed E-state index contributed by atoms with van der Waals surface area (Å²) in [6.45, 7) is 8.33. The highest BCUT2D eigenvalue weighted by molar-refractivity contribution is 5.92. The minimum atomic E-state index is -0.501. The number of ether oxygens (including phenoxy) is 1. The molecule has 0 spiro atoms. The molecule has 1 saturated heterocycles. The molecule has 0 aromatic heterocycles. The van der Waals surface area contributed by atoms with Crippen molar-refractivity contribution < 1.29 is 19.4 Å². The smallest absolute Gasteiger partial charge is 0.410 e. The van der Waals surface area contributed by atoms with Crippen LogP contribution in [-0.4, -0.2) is 40.6 Å². The number of allylic oxidation sites excluding steroid dienone is 2. The molecule has 0 radical (unpaired) electrons. The third kappa shape index (κ3) is 5.23. The Hall–Kier alpha value is -1.52. The maximum Gasteiger partial charge on any atom is 0.410 e. The van der Waals surface area contributed by atoms with Gasteiger partial charge in [0.1, 0.15) is 5.60 Å². The second kappa shape index (κ2) is 6.77. The van der Waals surface area contributed by atoms with Crippen molar-refractivity contribution >= 4 is 11.9 Å². The Morgan fingerprint density at radius 3 is 2.30 bits per heavy atom. The monoisotopic (exact) mass is 283 g/mol. The zero-order chi connectivity index (χ0) is 15.3. The largest absolute Gasteiger partial charge is 0.512 e. The predicted octanol–water partition coefficient (Wildman–Crippen LogP) is 3.05. The van der Waals surface area contributed by atoms with E-state index < -0.39 is 5.60 Å². The highest BCUT2D eigenvalue weighted by Gasteiger charge is 2.29. The number of hydrogen-bond acceptors (Lipinski definition) is 4. The molecule has 1 aliphatic rings. The Morgan fingerprint density at radius 1 is 1.30 bits per heavy atom. The Labute approximate surface area is 120 Å². The van der Waals surface area contributed by atoms with Gasteiger partial charge < -0.3 is 14.7 Å². The number of piperidine rings is 1. The molecule has 0 atom stereocenters. The lowest BCUT2D eigenvalue weighted by atomic mass is 9.92. The number of ketones is 1. The highest BCUT2D eigenvalue weighted by Crippen LogP contribution is 2.21. The van der Waals surface area contributed by atoms with Crippen LogP contribution in [0.3, 0.4) is 0 Å². The molecule has 0 bridgehead atoms. The van der Waals surface area contributed by atoms with Crippen LogP contribution in [0.15, 0.2) is 11.8 Å². The molecule has 0 aromatic carbocycles. The number of carbonyl (C=O) groups excluding carboxylic acids is 2. The molecule has 0 unspecified atom stereocenters. The molecule has 114 valence electrons. The summed E-state index contributed by atoms with van der Waals surface area (Å²) >= 11 is 0. The van der Waals surface area contributed by atoms with E-state index in [-0.39, 0.29) is 23.6 Å². The van der Waals surface area contributed by atoms with Crippen molar-refractivity contribution in [2.75, 3.05) is 13.1 Å². The van der Waals surface area contributed by atoms with Crippen molar-refractivity contribution in [1.82, 2.24) is 4.90 Å². The first-order valence-electron chi connectivity index (χ1n) is 7.14. The standard InChI is InChI=1S/C15H25NO4/c1-5-12(17)10-13(18)11-6-8-16(9-7-11)14(19)20-15(2,3)4/h10-11,17H,5-9H2,1-4H3/b12-10-. The Balaban J connectivity index is 2.48. The van der Waals surface area contributed by atoms with E-state index in [9.17, 15) is 14.7 Å². The Bertz CT molecular complexity index is 387. The number of carbonyl (C=O) groups is 2. The van der Waals surface area contributed by atoms with Crippen LogP contribution in [0.25, 0.3) is 0 Å². The number of rotatable bonds is 3. The van der Waals surface area contributed by atoms with Crippen LogP contribution in [0.5, 0.6) is 0 Å². The second-order valence-electron chi connectivity index (χ2n) is 6.13. The van der Waals surface area contributed by atoms with Gasteiger partial charge in [-0.2, -0.15) is 0 Å². The topological polar surface area (TPSA) is 66.8 Å². The minimum absolute atomic E-state index is 0.0480. The van der Waals surface area contributed by atoms with Crippen molar-refractivity contribution in [3.8, 4) is 0 Å². The van der Waals surface area contributed by atoms with E-state index in [4.69, 9.17) is 4.74 Å². The average molecular weight is 283 g/mol. The lowest BCUT2D eigenvalue weighted by molar-refractivity contribution is -0.119. The number of amides is 1. The molecule has 1 aliphatic heterocycles. The first-order chi connectivity index (χ1) is 9.23. The van der Waals surface area contributed by atoms with E-state index in [1.807, 2.05) is 20.8 Å². The van der Waals surface area contributed by atoms with Crippen LogP contribution >= 0.6 is 0 Å². The number of aliphatic hydroxyl groups excluding tert-OH is 1. The summed E-state index contributed by atoms with van der Waals surface area (Å²) in [5.41, 5.74) is -0.501. The number of nitrogens with zero attached hydrogens (tertiary/aromatic N) is 1. The van der Waals surface area contributed by atoms with E-state index in [1.165, 1.54) is 6.08 Å².